The van der Waals surface area contributed by atoms with Crippen LogP contribution < -0.4 is 10.2 Å². The molecule has 3 amide bonds. The number of nitrogens with zero attached hydrogens (tertiary/aromatic N) is 1. The Morgan fingerprint density at radius 3 is 2.49 bits per heavy atom. The van der Waals surface area contributed by atoms with E-state index in [2.05, 4.69) is 33.4 Å². The van der Waals surface area contributed by atoms with Crippen molar-refractivity contribution < 1.29 is 23.9 Å². The highest BCUT2D eigenvalue weighted by Gasteiger charge is 2.64. The molecule has 2 bridgehead atoms. The van der Waals surface area contributed by atoms with E-state index in [0.29, 0.717) is 16.4 Å². The van der Waals surface area contributed by atoms with Crippen LogP contribution in [0.3, 0.4) is 0 Å². The Labute approximate surface area is 238 Å². The predicted molar refractivity (Wildman–Crippen MR) is 149 cm³/mol. The van der Waals surface area contributed by atoms with Crippen LogP contribution in [0.15, 0.2) is 77.3 Å². The number of hydrogen-bond acceptors (Lipinski definition) is 5. The summed E-state index contributed by atoms with van der Waals surface area (Å²) in [7, 11) is 0. The van der Waals surface area contributed by atoms with Crippen LogP contribution in [0, 0.1) is 23.7 Å². The Hall–Kier alpha value is -3.49. The van der Waals surface area contributed by atoms with Crippen molar-refractivity contribution in [1.82, 2.24) is 0 Å². The van der Waals surface area contributed by atoms with Crippen LogP contribution in [-0.2, 0) is 19.1 Å². The van der Waals surface area contributed by atoms with Gasteiger partial charge in [-0.15, -0.1) is 0 Å². The van der Waals surface area contributed by atoms with Gasteiger partial charge >= 0.3 is 5.97 Å². The van der Waals surface area contributed by atoms with Gasteiger partial charge in [-0.25, -0.2) is 4.79 Å². The first-order valence-electron chi connectivity index (χ1n) is 12.8. The minimum absolute atomic E-state index is 0.134. The predicted octanol–water partition coefficient (Wildman–Crippen LogP) is 5.83. The minimum atomic E-state index is -0.739. The maximum absolute atomic E-state index is 13.6. The highest BCUT2D eigenvalue weighted by atomic mass is 79.9. The smallest absolute Gasteiger partial charge is 0.338 e. The summed E-state index contributed by atoms with van der Waals surface area (Å²) < 4.78 is 5.95. The second kappa shape index (κ2) is 10.2. The van der Waals surface area contributed by atoms with Gasteiger partial charge in [0.25, 0.3) is 5.91 Å². The van der Waals surface area contributed by atoms with Crippen LogP contribution in [0.4, 0.5) is 11.4 Å². The van der Waals surface area contributed by atoms with Gasteiger partial charge in [0.1, 0.15) is 0 Å². The van der Waals surface area contributed by atoms with Gasteiger partial charge in [-0.2, -0.15) is 0 Å². The van der Waals surface area contributed by atoms with Crippen LogP contribution in [0.5, 0.6) is 0 Å². The lowest BCUT2D eigenvalue weighted by molar-refractivity contribution is -0.123. The third kappa shape index (κ3) is 4.66. The van der Waals surface area contributed by atoms with E-state index in [1.54, 1.807) is 30.3 Å². The van der Waals surface area contributed by atoms with Crippen LogP contribution in [-0.4, -0.2) is 30.3 Å². The molecule has 0 radical (unpaired) electrons. The minimum Gasteiger partial charge on any atom is -0.452 e. The van der Waals surface area contributed by atoms with Gasteiger partial charge in [0.05, 0.1) is 33.8 Å². The summed E-state index contributed by atoms with van der Waals surface area (Å²) >= 11 is 9.42. The number of carbonyl (C=O) groups is 4. The molecule has 5 atom stereocenters. The van der Waals surface area contributed by atoms with Crippen LogP contribution in [0.1, 0.15) is 34.7 Å². The highest BCUT2D eigenvalue weighted by Crippen LogP contribution is 2.61. The number of carbonyl (C=O) groups excluding carboxylic acids is 4. The molecule has 3 fully saturated rings. The van der Waals surface area contributed by atoms with E-state index in [4.69, 9.17) is 16.3 Å². The van der Waals surface area contributed by atoms with Crippen molar-refractivity contribution in [2.45, 2.75) is 18.8 Å². The van der Waals surface area contributed by atoms with Crippen molar-refractivity contribution >= 4 is 62.6 Å². The lowest BCUT2D eigenvalue weighted by Gasteiger charge is -2.28. The molecule has 9 heteroatoms. The fourth-order valence-electron chi connectivity index (χ4n) is 6.56. The van der Waals surface area contributed by atoms with Gasteiger partial charge < -0.3 is 10.1 Å². The van der Waals surface area contributed by atoms with Crippen molar-refractivity contribution in [2.24, 2.45) is 23.7 Å². The SMILES string of the molecule is O=C(COC(=O)c1cccc(N2C(=O)[C@@H]3[C@@H]4C[C@@H]([C@@H]3C2=O)[C@H](c2ccccc2)C4)c1)Nc1ccc(Br)cc1Cl. The van der Waals surface area contributed by atoms with Gasteiger partial charge in [0, 0.05) is 4.47 Å². The summed E-state index contributed by atoms with van der Waals surface area (Å²) in [5.41, 5.74) is 2.10. The summed E-state index contributed by atoms with van der Waals surface area (Å²) in [4.78, 5) is 53.3. The molecule has 0 spiro atoms. The quantitative estimate of drug-likeness (QED) is 0.281. The number of nitrogens with one attached hydrogen (secondary N) is 1. The van der Waals surface area contributed by atoms with E-state index in [0.717, 1.165) is 17.3 Å². The summed E-state index contributed by atoms with van der Waals surface area (Å²) in [5.74, 6) is -1.75. The molecule has 0 aromatic heterocycles. The normalized spacial score (nSPS) is 25.1. The summed E-state index contributed by atoms with van der Waals surface area (Å²) in [5, 5.41) is 2.94. The van der Waals surface area contributed by atoms with Crippen molar-refractivity contribution in [3.63, 3.8) is 0 Å². The number of anilines is 2. The van der Waals surface area contributed by atoms with Gasteiger partial charge in [0.2, 0.25) is 11.8 Å². The number of halogens is 2. The lowest BCUT2D eigenvalue weighted by Crippen LogP contribution is -2.33. The molecule has 1 saturated heterocycles. The molecule has 0 unspecified atom stereocenters. The number of amides is 3. The molecular weight excluding hydrogens is 584 g/mol. The molecule has 7 nitrogen and oxygen atoms in total. The van der Waals surface area contributed by atoms with Crippen molar-refractivity contribution in [3.05, 3.63) is 93.4 Å². The van der Waals surface area contributed by atoms with E-state index >= 15 is 0 Å². The molecule has 3 aliphatic rings. The number of hydrogen-bond donors (Lipinski definition) is 1. The lowest BCUT2D eigenvalue weighted by atomic mass is 9.73. The molecule has 2 aliphatic carbocycles. The number of imide groups is 1. The molecule has 3 aromatic rings. The third-order valence-electron chi connectivity index (χ3n) is 8.12. The first kappa shape index (κ1) is 25.8. The van der Waals surface area contributed by atoms with Gasteiger partial charge in [-0.1, -0.05) is 63.9 Å². The molecule has 6 rings (SSSR count). The van der Waals surface area contributed by atoms with E-state index in [1.165, 1.54) is 22.6 Å². The zero-order valence-corrected chi connectivity index (χ0v) is 23.0. The number of esters is 1. The zero-order valence-electron chi connectivity index (χ0n) is 20.7. The van der Waals surface area contributed by atoms with Gasteiger partial charge in [-0.3, -0.25) is 19.3 Å². The topological polar surface area (TPSA) is 92.8 Å². The molecule has 1 heterocycles. The van der Waals surface area contributed by atoms with Crippen molar-refractivity contribution in [2.75, 3.05) is 16.8 Å². The fraction of sp³-hybridized carbons (Fsp3) is 0.267. The Kier molecular flexibility index (Phi) is 6.77. The Morgan fingerprint density at radius 1 is 0.949 bits per heavy atom. The molecule has 2 saturated carbocycles. The average Bonchev–Trinajstić information content (AvgIpc) is 3.60. The monoisotopic (exact) mass is 606 g/mol. The zero-order chi connectivity index (χ0) is 27.3. The first-order chi connectivity index (χ1) is 18.8. The summed E-state index contributed by atoms with van der Waals surface area (Å²) in [6, 6.07) is 21.4. The largest absolute Gasteiger partial charge is 0.452 e. The third-order valence-corrected chi connectivity index (χ3v) is 8.93. The second-order valence-corrected chi connectivity index (χ2v) is 11.6. The maximum Gasteiger partial charge on any atom is 0.338 e. The van der Waals surface area contributed by atoms with Crippen LogP contribution in [0.25, 0.3) is 0 Å². The molecule has 1 N–H and O–H groups in total. The molecule has 3 aromatic carbocycles. The molecule has 1 aliphatic heterocycles. The van der Waals surface area contributed by atoms with Crippen molar-refractivity contribution in [3.8, 4) is 0 Å². The Bertz CT molecular complexity index is 1500. The standard InChI is InChI=1S/C30H24BrClN2O5/c31-19-9-10-24(23(32)14-19)33-25(35)15-39-30(38)17-7-4-8-20(11-17)34-28(36)26-18-12-21(16-5-2-1-3-6-16)22(13-18)27(26)29(34)37/h1-11,14,18,21-22,26-27H,12-13,15H2,(H,33,35)/t18-,21-,22+,26+,27-/m0/s1. The maximum atomic E-state index is 13.6. The number of rotatable bonds is 6. The highest BCUT2D eigenvalue weighted by molar-refractivity contribution is 9.10. The molecule has 39 heavy (non-hydrogen) atoms. The van der Waals surface area contributed by atoms with E-state index in [1.807, 2.05) is 18.2 Å². The summed E-state index contributed by atoms with van der Waals surface area (Å²) in [6.07, 6.45) is 1.79. The van der Waals surface area contributed by atoms with Crippen molar-refractivity contribution in [1.29, 1.82) is 0 Å². The Balaban J connectivity index is 1.14. The molecule has 198 valence electrons. The van der Waals surface area contributed by atoms with E-state index < -0.39 is 18.5 Å². The van der Waals surface area contributed by atoms with E-state index in [9.17, 15) is 19.2 Å². The molecular formula is C30H24BrClN2O5. The van der Waals surface area contributed by atoms with Gasteiger partial charge in [-0.05, 0) is 72.6 Å². The van der Waals surface area contributed by atoms with Crippen LogP contribution in [0.2, 0.25) is 5.02 Å². The van der Waals surface area contributed by atoms with Gasteiger partial charge in [0.15, 0.2) is 6.61 Å². The summed E-state index contributed by atoms with van der Waals surface area (Å²) in [6.45, 7) is -0.522. The number of benzene rings is 3. The first-order valence-corrected chi connectivity index (χ1v) is 13.9. The van der Waals surface area contributed by atoms with E-state index in [-0.39, 0.29) is 47.0 Å². The second-order valence-electron chi connectivity index (χ2n) is 10.3. The fourth-order valence-corrected chi connectivity index (χ4v) is 7.28. The number of fused-ring (bicyclic) bond motifs is 5. The van der Waals surface area contributed by atoms with Crippen LogP contribution >= 0.6 is 27.5 Å². The Morgan fingerprint density at radius 2 is 1.72 bits per heavy atom. The number of ether oxygens (including phenoxy) is 1. The average molecular weight is 608 g/mol.